The van der Waals surface area contributed by atoms with Crippen molar-refractivity contribution in [3.8, 4) is 11.6 Å². The van der Waals surface area contributed by atoms with Gasteiger partial charge in [0.05, 0.1) is 5.56 Å². The van der Waals surface area contributed by atoms with Gasteiger partial charge in [-0.25, -0.2) is 9.37 Å². The van der Waals surface area contributed by atoms with E-state index in [-0.39, 0.29) is 45.4 Å². The Labute approximate surface area is 260 Å². The average molecular weight is 607 g/mol. The zero-order valence-corrected chi connectivity index (χ0v) is 26.9. The summed E-state index contributed by atoms with van der Waals surface area (Å²) in [6.45, 7) is 13.2. The Bertz CT molecular complexity index is 1390. The van der Waals surface area contributed by atoms with Crippen LogP contribution in [-0.4, -0.2) is 82.5 Å². The maximum absolute atomic E-state index is 14.2. The highest BCUT2D eigenvalue weighted by Gasteiger charge is 2.51. The fourth-order valence-corrected chi connectivity index (χ4v) is 8.14. The molecule has 44 heavy (non-hydrogen) atoms. The van der Waals surface area contributed by atoms with Crippen molar-refractivity contribution in [2.75, 3.05) is 44.7 Å². The molecule has 1 aromatic carbocycles. The Balaban J connectivity index is 1.03. The molecule has 1 aromatic heterocycles. The van der Waals surface area contributed by atoms with Crippen LogP contribution in [0.3, 0.4) is 0 Å². The lowest BCUT2D eigenvalue weighted by molar-refractivity contribution is -0.124. The highest BCUT2D eigenvalue weighted by molar-refractivity contribution is 5.97. The number of carbonyl (C=O) groups excluding carboxylic acids is 2. The second-order valence-corrected chi connectivity index (χ2v) is 15.1. The van der Waals surface area contributed by atoms with Crippen LogP contribution in [0.25, 0.3) is 0 Å². The van der Waals surface area contributed by atoms with Gasteiger partial charge in [-0.2, -0.15) is 0 Å². The van der Waals surface area contributed by atoms with Crippen molar-refractivity contribution in [2.24, 2.45) is 22.2 Å². The average Bonchev–Trinajstić information content (AvgIpc) is 3.20. The van der Waals surface area contributed by atoms with Gasteiger partial charge in [-0.05, 0) is 101 Å². The van der Waals surface area contributed by atoms with E-state index in [0.29, 0.717) is 11.6 Å². The van der Waals surface area contributed by atoms with Crippen molar-refractivity contribution in [3.63, 3.8) is 0 Å². The van der Waals surface area contributed by atoms with E-state index in [1.165, 1.54) is 56.8 Å². The lowest BCUT2D eigenvalue weighted by Crippen LogP contribution is -2.61. The number of hydrogen-bond acceptors (Lipinski definition) is 8. The molecule has 0 unspecified atom stereocenters. The molecule has 6 rings (SSSR count). The zero-order valence-electron chi connectivity index (χ0n) is 26.9. The highest BCUT2D eigenvalue weighted by atomic mass is 19.1. The van der Waals surface area contributed by atoms with Gasteiger partial charge in [-0.15, -0.1) is 10.2 Å². The number of rotatable bonds is 7. The molecule has 0 bridgehead atoms. The zero-order chi connectivity index (χ0) is 31.3. The van der Waals surface area contributed by atoms with Gasteiger partial charge >= 0.3 is 0 Å². The first kappa shape index (κ1) is 30.9. The van der Waals surface area contributed by atoms with Crippen LogP contribution in [0.2, 0.25) is 0 Å². The van der Waals surface area contributed by atoms with Crippen LogP contribution in [0.1, 0.15) is 89.4 Å². The molecule has 10 heteroatoms. The van der Waals surface area contributed by atoms with Crippen LogP contribution < -0.4 is 9.64 Å². The van der Waals surface area contributed by atoms with Gasteiger partial charge in [-0.1, -0.05) is 13.8 Å². The van der Waals surface area contributed by atoms with E-state index in [0.717, 1.165) is 57.8 Å². The number of ether oxygens (including phenoxy) is 1. The fraction of sp³-hybridized carbons (Fsp3) is 0.676. The summed E-state index contributed by atoms with van der Waals surface area (Å²) in [5, 5.41) is 8.14. The summed E-state index contributed by atoms with van der Waals surface area (Å²) >= 11 is 0. The lowest BCUT2D eigenvalue weighted by atomic mass is 9.67. The summed E-state index contributed by atoms with van der Waals surface area (Å²) in [7, 11) is 1.69. The topological polar surface area (TPSA) is 91.8 Å². The van der Waals surface area contributed by atoms with Gasteiger partial charge < -0.3 is 19.4 Å². The number of hydrogen-bond donors (Lipinski definition) is 0. The van der Waals surface area contributed by atoms with Gasteiger partial charge in [-0.3, -0.25) is 9.59 Å². The minimum atomic E-state index is -0.506. The number of amides is 1. The minimum Gasteiger partial charge on any atom is -0.434 e. The number of Topliss-reactive ketones (excluding diaryl/α,β-unsaturated/α-hetero) is 1. The van der Waals surface area contributed by atoms with Crippen LogP contribution in [-0.2, 0) is 4.79 Å². The molecule has 2 spiro atoms. The van der Waals surface area contributed by atoms with Crippen LogP contribution in [0, 0.1) is 28.0 Å². The van der Waals surface area contributed by atoms with Gasteiger partial charge in [0.15, 0.2) is 5.82 Å². The molecule has 2 aromatic rings. The number of piperidine rings is 1. The van der Waals surface area contributed by atoms with Crippen molar-refractivity contribution >= 4 is 17.5 Å². The number of benzene rings is 1. The Hall–Kier alpha value is -3.14. The van der Waals surface area contributed by atoms with Crippen molar-refractivity contribution < 1.29 is 18.7 Å². The predicted molar refractivity (Wildman–Crippen MR) is 166 cm³/mol. The van der Waals surface area contributed by atoms with E-state index < -0.39 is 5.82 Å². The third-order valence-corrected chi connectivity index (χ3v) is 11.1. The predicted octanol–water partition coefficient (Wildman–Crippen LogP) is 5.75. The van der Waals surface area contributed by atoms with Crippen LogP contribution in [0.5, 0.6) is 11.6 Å². The molecule has 4 fully saturated rings. The molecular weight excluding hydrogens is 559 g/mol. The molecule has 0 radical (unpaired) electrons. The lowest BCUT2D eigenvalue weighted by Gasteiger charge is -2.54. The summed E-state index contributed by atoms with van der Waals surface area (Å²) in [4.78, 5) is 36.5. The summed E-state index contributed by atoms with van der Waals surface area (Å²) in [6, 6.07) is 3.89. The summed E-state index contributed by atoms with van der Waals surface area (Å²) in [6.07, 6.45) is 10.5. The second kappa shape index (κ2) is 11.7. The molecule has 2 saturated heterocycles. The molecule has 238 valence electrons. The van der Waals surface area contributed by atoms with E-state index in [1.54, 1.807) is 11.9 Å². The molecule has 2 aliphatic carbocycles. The molecule has 4 aliphatic rings. The normalized spacial score (nSPS) is 26.3. The first-order chi connectivity index (χ1) is 20.9. The smallest absolute Gasteiger partial charge is 0.282 e. The summed E-state index contributed by atoms with van der Waals surface area (Å²) in [5.74, 6) is 1.41. The number of ketones is 1. The molecule has 1 amide bonds. The molecule has 9 nitrogen and oxygen atoms in total. The maximum Gasteiger partial charge on any atom is 0.282 e. The Morgan fingerprint density at radius 1 is 1.11 bits per heavy atom. The van der Waals surface area contributed by atoms with E-state index in [1.807, 2.05) is 13.8 Å². The van der Waals surface area contributed by atoms with Crippen molar-refractivity contribution in [1.29, 1.82) is 0 Å². The van der Waals surface area contributed by atoms with Crippen LogP contribution >= 0.6 is 0 Å². The third kappa shape index (κ3) is 6.06. The van der Waals surface area contributed by atoms with E-state index in [4.69, 9.17) is 4.74 Å². The van der Waals surface area contributed by atoms with E-state index in [2.05, 4.69) is 38.8 Å². The Morgan fingerprint density at radius 3 is 2.45 bits per heavy atom. The van der Waals surface area contributed by atoms with Crippen molar-refractivity contribution in [3.05, 3.63) is 35.9 Å². The van der Waals surface area contributed by atoms with Gasteiger partial charge in [0.2, 0.25) is 0 Å². The SMILES string of the molecule is CC(C)N(C)C(=O)c1cc(F)ccc1Oc1nncnc1N1CC2(CCN(CC3CCC4(CC3)CC(=O)C(C)(C)C4)CC2)C1. The first-order valence-corrected chi connectivity index (χ1v) is 16.3. The number of halogens is 1. The quantitative estimate of drug-likeness (QED) is 0.394. The van der Waals surface area contributed by atoms with E-state index >= 15 is 0 Å². The molecule has 2 saturated carbocycles. The minimum absolute atomic E-state index is 0.0534. The van der Waals surface area contributed by atoms with Crippen molar-refractivity contribution in [1.82, 2.24) is 25.0 Å². The number of nitrogens with zero attached hydrogens (tertiary/aromatic N) is 6. The molecular formula is C34H47FN6O3. The van der Waals surface area contributed by atoms with Crippen LogP contribution in [0.15, 0.2) is 24.5 Å². The molecule has 2 aliphatic heterocycles. The summed E-state index contributed by atoms with van der Waals surface area (Å²) in [5.41, 5.74) is 0.531. The Morgan fingerprint density at radius 2 is 1.82 bits per heavy atom. The summed E-state index contributed by atoms with van der Waals surface area (Å²) < 4.78 is 20.3. The maximum atomic E-state index is 14.2. The number of likely N-dealkylation sites (tertiary alicyclic amines) is 1. The molecule has 3 heterocycles. The van der Waals surface area contributed by atoms with Crippen LogP contribution in [0.4, 0.5) is 10.2 Å². The Kier molecular flexibility index (Phi) is 8.18. The third-order valence-electron chi connectivity index (χ3n) is 11.1. The second-order valence-electron chi connectivity index (χ2n) is 15.1. The standard InChI is InChI=1S/C34H47FN6O3/c1-23(2)39(5)31(43)26-16-25(35)6-7-27(26)44-30-29(36-22-37-38-30)41-20-34(21-41)12-14-40(15-13-34)18-24-8-10-33(11-9-24)17-28(42)32(3,4)19-33/h6-7,16,22-24H,8-15,17-21H2,1-5H3. The van der Waals surface area contributed by atoms with Gasteiger partial charge in [0.1, 0.15) is 23.7 Å². The fourth-order valence-electron chi connectivity index (χ4n) is 8.14. The monoisotopic (exact) mass is 606 g/mol. The number of anilines is 1. The highest BCUT2D eigenvalue weighted by Crippen LogP contribution is 2.55. The van der Waals surface area contributed by atoms with E-state index in [9.17, 15) is 14.0 Å². The molecule has 0 atom stereocenters. The first-order valence-electron chi connectivity index (χ1n) is 16.3. The molecule has 0 N–H and O–H groups in total. The number of aromatic nitrogens is 3. The number of carbonyl (C=O) groups is 2. The van der Waals surface area contributed by atoms with Gasteiger partial charge in [0, 0.05) is 50.0 Å². The van der Waals surface area contributed by atoms with Gasteiger partial charge in [0.25, 0.3) is 11.8 Å². The largest absolute Gasteiger partial charge is 0.434 e. The van der Waals surface area contributed by atoms with Crippen molar-refractivity contribution in [2.45, 2.75) is 85.1 Å².